The lowest BCUT2D eigenvalue weighted by molar-refractivity contribution is -0.384. The van der Waals surface area contributed by atoms with Gasteiger partial charge in [0.15, 0.2) is 5.60 Å². The molecule has 7 rings (SSSR count). The number of aromatic nitrogens is 2. The van der Waals surface area contributed by atoms with Gasteiger partial charge in [0.25, 0.3) is 11.2 Å². The van der Waals surface area contributed by atoms with E-state index in [2.05, 4.69) is 4.98 Å². The second-order valence-electron chi connectivity index (χ2n) is 12.1. The first-order chi connectivity index (χ1) is 24.5. The molecule has 0 spiro atoms. The molecule has 4 atom stereocenters. The van der Waals surface area contributed by atoms with Crippen molar-refractivity contribution in [2.24, 2.45) is 0 Å². The summed E-state index contributed by atoms with van der Waals surface area (Å²) in [7, 11) is 0. The second-order valence-corrected chi connectivity index (χ2v) is 16.0. The van der Waals surface area contributed by atoms with Crippen LogP contribution in [-0.2, 0) is 29.9 Å². The minimum atomic E-state index is -4.38. The molecule has 3 heterocycles. The average molecular weight is 730 g/mol. The highest BCUT2D eigenvalue weighted by atomic mass is 32.7. The molecule has 2 aliphatic rings. The number of nitrogens with zero attached hydrogens (tertiary/aromatic N) is 2. The Labute approximate surface area is 295 Å². The maximum atomic E-state index is 13.5. The van der Waals surface area contributed by atoms with Gasteiger partial charge in [-0.3, -0.25) is 29.0 Å². The summed E-state index contributed by atoms with van der Waals surface area (Å²) in [6, 6.07) is 30.3. The number of hydrogen-bond acceptors (Lipinski definition) is 10. The van der Waals surface area contributed by atoms with Crippen molar-refractivity contribution in [1.29, 1.82) is 0 Å². The van der Waals surface area contributed by atoms with Crippen molar-refractivity contribution in [2.45, 2.75) is 43.1 Å². The fourth-order valence-electron chi connectivity index (χ4n) is 6.39. The topological polar surface area (TPSA) is 172 Å². The van der Waals surface area contributed by atoms with Crippen molar-refractivity contribution in [3.63, 3.8) is 0 Å². The van der Waals surface area contributed by atoms with Gasteiger partial charge >= 0.3 is 12.5 Å². The monoisotopic (exact) mass is 729 g/mol. The fourth-order valence-corrected chi connectivity index (χ4v) is 8.97. The smallest absolute Gasteiger partial charge is 0.387 e. The van der Waals surface area contributed by atoms with E-state index in [1.54, 1.807) is 6.92 Å². The first-order valence-electron chi connectivity index (χ1n) is 16.0. The first kappa shape index (κ1) is 34.6. The van der Waals surface area contributed by atoms with E-state index in [0.29, 0.717) is 28.4 Å². The van der Waals surface area contributed by atoms with Gasteiger partial charge in [-0.2, -0.15) is 0 Å². The maximum Gasteiger partial charge on any atom is 0.387 e. The van der Waals surface area contributed by atoms with Crippen molar-refractivity contribution >= 4 is 23.9 Å². The number of hydrogen-bond donors (Lipinski definition) is 2. The molecule has 15 heteroatoms. The number of nitro benzene ring substituents is 1. The van der Waals surface area contributed by atoms with Gasteiger partial charge in [-0.25, -0.2) is 9.36 Å². The summed E-state index contributed by atoms with van der Waals surface area (Å²) >= 11 is 0.653. The van der Waals surface area contributed by atoms with Crippen LogP contribution in [-0.4, -0.2) is 38.2 Å². The molecular formula is C36H32N3O10PS. The number of ether oxygens (including phenoxy) is 3. The molecule has 2 aliphatic heterocycles. The zero-order chi connectivity index (χ0) is 35.8. The molecule has 1 aromatic heterocycles. The predicted molar refractivity (Wildman–Crippen MR) is 189 cm³/mol. The SMILES string of the molecule is Cc1cn([C@H]2C[C@H](OP(=O)(O)SCc3ccc([N+](=O)[O-])cc3)[C@@H](COC3(c4ccccc4)c4ccccc4Oc4ccccc43)O2)c(=O)[nH]c1=O. The molecule has 262 valence electrons. The van der Waals surface area contributed by atoms with Crippen molar-refractivity contribution in [1.82, 2.24) is 9.55 Å². The Balaban J connectivity index is 1.22. The highest BCUT2D eigenvalue weighted by molar-refractivity contribution is 8.54. The lowest BCUT2D eigenvalue weighted by Crippen LogP contribution is -2.40. The summed E-state index contributed by atoms with van der Waals surface area (Å²) in [4.78, 5) is 48.9. The Bertz CT molecular complexity index is 2200. The Hall–Kier alpha value is -4.82. The van der Waals surface area contributed by atoms with Crippen LogP contribution >= 0.6 is 18.2 Å². The Morgan fingerprint density at radius 2 is 1.61 bits per heavy atom. The van der Waals surface area contributed by atoms with Crippen LogP contribution in [0.15, 0.2) is 119 Å². The molecule has 0 bridgehead atoms. The van der Waals surface area contributed by atoms with Crippen LogP contribution in [0.4, 0.5) is 5.69 Å². The summed E-state index contributed by atoms with van der Waals surface area (Å²) in [6.45, 7) is -2.97. The summed E-state index contributed by atoms with van der Waals surface area (Å²) in [6.07, 6.45) is -1.60. The number of non-ortho nitro benzene ring substituents is 1. The van der Waals surface area contributed by atoms with Crippen LogP contribution in [0.25, 0.3) is 0 Å². The molecule has 0 radical (unpaired) electrons. The van der Waals surface area contributed by atoms with E-state index in [9.17, 15) is 29.2 Å². The number of aromatic amines is 1. The number of fused-ring (bicyclic) bond motifs is 2. The van der Waals surface area contributed by atoms with E-state index >= 15 is 0 Å². The van der Waals surface area contributed by atoms with E-state index in [-0.39, 0.29) is 30.0 Å². The number of aryl methyl sites for hydroxylation is 1. The zero-order valence-corrected chi connectivity index (χ0v) is 28.8. The molecular weight excluding hydrogens is 697 g/mol. The third kappa shape index (κ3) is 6.94. The minimum Gasteiger partial charge on any atom is -0.457 e. The molecule has 51 heavy (non-hydrogen) atoms. The molecule has 1 unspecified atom stereocenters. The molecule has 1 fully saturated rings. The molecule has 2 N–H and O–H groups in total. The Kier molecular flexibility index (Phi) is 9.55. The molecule has 13 nitrogen and oxygen atoms in total. The maximum absolute atomic E-state index is 13.5. The van der Waals surface area contributed by atoms with Crippen LogP contribution in [0.2, 0.25) is 0 Å². The second kappa shape index (κ2) is 14.1. The lowest BCUT2D eigenvalue weighted by Gasteiger charge is -2.41. The van der Waals surface area contributed by atoms with E-state index in [4.69, 9.17) is 18.7 Å². The Morgan fingerprint density at radius 3 is 2.25 bits per heavy atom. The quantitative estimate of drug-likeness (QED) is 0.0855. The van der Waals surface area contributed by atoms with Gasteiger partial charge in [0.2, 0.25) is 0 Å². The number of H-pyrrole nitrogens is 1. The van der Waals surface area contributed by atoms with Gasteiger partial charge < -0.3 is 19.1 Å². The van der Waals surface area contributed by atoms with Crippen molar-refractivity contribution in [3.8, 4) is 11.5 Å². The summed E-state index contributed by atoms with van der Waals surface area (Å²) in [5, 5.41) is 11.0. The van der Waals surface area contributed by atoms with Crippen molar-refractivity contribution in [2.75, 3.05) is 6.61 Å². The average Bonchev–Trinajstić information content (AvgIpc) is 3.52. The van der Waals surface area contributed by atoms with Crippen LogP contribution in [0.1, 0.15) is 40.5 Å². The number of benzene rings is 4. The summed E-state index contributed by atoms with van der Waals surface area (Å²) in [5.41, 5.74) is 0.606. The van der Waals surface area contributed by atoms with Crippen LogP contribution in [0.5, 0.6) is 11.5 Å². The van der Waals surface area contributed by atoms with Gasteiger partial charge in [0, 0.05) is 47.2 Å². The Morgan fingerprint density at radius 1 is 0.980 bits per heavy atom. The highest BCUT2D eigenvalue weighted by Gasteiger charge is 2.48. The third-order valence-corrected chi connectivity index (χ3v) is 11.8. The van der Waals surface area contributed by atoms with Crippen LogP contribution < -0.4 is 16.0 Å². The molecule has 5 aromatic rings. The number of nitro groups is 1. The highest BCUT2D eigenvalue weighted by Crippen LogP contribution is 2.60. The van der Waals surface area contributed by atoms with Gasteiger partial charge in [0.05, 0.1) is 11.5 Å². The van der Waals surface area contributed by atoms with Gasteiger partial charge in [0.1, 0.15) is 29.9 Å². The first-order valence-corrected chi connectivity index (χ1v) is 19.1. The fraction of sp³-hybridized carbons (Fsp3) is 0.222. The number of para-hydroxylation sites is 2. The largest absolute Gasteiger partial charge is 0.457 e. The normalized spacial score (nSPS) is 20.1. The predicted octanol–water partition coefficient (Wildman–Crippen LogP) is 6.57. The van der Waals surface area contributed by atoms with Crippen molar-refractivity contribution in [3.05, 3.63) is 168 Å². The third-order valence-electron chi connectivity index (χ3n) is 8.84. The van der Waals surface area contributed by atoms with E-state index in [1.807, 2.05) is 78.9 Å². The standard InChI is InChI=1S/C36H32N3O10PS/c1-23-20-38(35(41)37-34(23)40)33-19-31(49-50(44,45)51-22-24-15-17-26(18-16-24)39(42)43)32(48-33)21-46-36(25-9-3-2-4-10-25)27-11-5-7-13-29(27)47-30-14-8-6-12-28(30)36/h2-18,20,31-33H,19,21-22H2,1H3,(H,44,45)(H,37,40,41)/t31-,32+,33+/m0/s1. The minimum absolute atomic E-state index is 0.0172. The molecule has 0 amide bonds. The van der Waals surface area contributed by atoms with Gasteiger partial charge in [-0.15, -0.1) is 0 Å². The summed E-state index contributed by atoms with van der Waals surface area (Å²) < 4.78 is 40.4. The van der Waals surface area contributed by atoms with Crippen molar-refractivity contribution < 1.29 is 33.1 Å². The van der Waals surface area contributed by atoms with Gasteiger partial charge in [-0.1, -0.05) is 78.9 Å². The molecule has 1 saturated heterocycles. The van der Waals surface area contributed by atoms with Gasteiger partial charge in [-0.05, 0) is 41.6 Å². The van der Waals surface area contributed by atoms with Crippen LogP contribution in [0, 0.1) is 17.0 Å². The van der Waals surface area contributed by atoms with E-state index in [1.165, 1.54) is 35.0 Å². The van der Waals surface area contributed by atoms with E-state index in [0.717, 1.165) is 16.7 Å². The molecule has 4 aromatic carbocycles. The van der Waals surface area contributed by atoms with E-state index < -0.39 is 47.0 Å². The van der Waals surface area contributed by atoms with Crippen LogP contribution in [0.3, 0.4) is 0 Å². The molecule has 0 aliphatic carbocycles. The summed E-state index contributed by atoms with van der Waals surface area (Å²) in [5.74, 6) is 1.22. The molecule has 0 saturated carbocycles. The lowest BCUT2D eigenvalue weighted by atomic mass is 9.77. The zero-order valence-electron chi connectivity index (χ0n) is 27.1. The number of nitrogens with one attached hydrogen (secondary N) is 1. The number of rotatable bonds is 11.